The molecule has 0 saturated carbocycles. The van der Waals surface area contributed by atoms with Crippen LogP contribution >= 0.6 is 11.3 Å². The molecule has 6 nitrogen and oxygen atoms in total. The number of rotatable bonds is 6. The standard InChI is InChI=1S/C10H15N5OS/c1-16-5-4-15-7-12-14-10(15)8-6-17-9(13-8)2-3-11/h6-7H,2-5,11H2,1H3. The van der Waals surface area contributed by atoms with Crippen LogP contribution in [0.3, 0.4) is 0 Å². The molecule has 0 aromatic carbocycles. The summed E-state index contributed by atoms with van der Waals surface area (Å²) < 4.78 is 6.97. The van der Waals surface area contributed by atoms with E-state index in [-0.39, 0.29) is 0 Å². The van der Waals surface area contributed by atoms with Crippen molar-refractivity contribution in [1.82, 2.24) is 19.7 Å². The summed E-state index contributed by atoms with van der Waals surface area (Å²) in [7, 11) is 1.67. The number of methoxy groups -OCH3 is 1. The summed E-state index contributed by atoms with van der Waals surface area (Å²) in [5.41, 5.74) is 6.35. The van der Waals surface area contributed by atoms with Gasteiger partial charge in [0.1, 0.15) is 12.0 Å². The summed E-state index contributed by atoms with van der Waals surface area (Å²) in [6.45, 7) is 1.97. The zero-order chi connectivity index (χ0) is 12.1. The second-order valence-corrected chi connectivity index (χ2v) is 4.45. The monoisotopic (exact) mass is 253 g/mol. The highest BCUT2D eigenvalue weighted by Crippen LogP contribution is 2.19. The largest absolute Gasteiger partial charge is 0.383 e. The number of hydrogen-bond donors (Lipinski definition) is 1. The van der Waals surface area contributed by atoms with Gasteiger partial charge >= 0.3 is 0 Å². The number of thiazole rings is 1. The molecule has 2 aromatic heterocycles. The molecule has 92 valence electrons. The van der Waals surface area contributed by atoms with E-state index in [1.807, 2.05) is 9.95 Å². The first-order valence-corrected chi connectivity index (χ1v) is 6.24. The Hall–Kier alpha value is -1.31. The van der Waals surface area contributed by atoms with E-state index in [0.717, 1.165) is 29.5 Å². The molecule has 0 aliphatic carbocycles. The molecule has 0 unspecified atom stereocenters. The minimum absolute atomic E-state index is 0.614. The van der Waals surface area contributed by atoms with Crippen molar-refractivity contribution in [2.45, 2.75) is 13.0 Å². The lowest BCUT2D eigenvalue weighted by molar-refractivity contribution is 0.187. The quantitative estimate of drug-likeness (QED) is 0.813. The van der Waals surface area contributed by atoms with Crippen LogP contribution in [0, 0.1) is 0 Å². The van der Waals surface area contributed by atoms with Crippen molar-refractivity contribution in [3.63, 3.8) is 0 Å². The van der Waals surface area contributed by atoms with Crippen molar-refractivity contribution in [2.24, 2.45) is 5.73 Å². The zero-order valence-corrected chi connectivity index (χ0v) is 10.5. The summed E-state index contributed by atoms with van der Waals surface area (Å²) in [4.78, 5) is 4.49. The average Bonchev–Trinajstić information content (AvgIpc) is 2.94. The molecule has 0 fully saturated rings. The molecule has 0 bridgehead atoms. The van der Waals surface area contributed by atoms with Crippen LogP contribution < -0.4 is 5.73 Å². The van der Waals surface area contributed by atoms with Crippen LogP contribution in [0.25, 0.3) is 11.5 Å². The molecule has 0 atom stereocenters. The molecule has 0 spiro atoms. The van der Waals surface area contributed by atoms with Crippen molar-refractivity contribution in [3.8, 4) is 11.5 Å². The molecular formula is C10H15N5OS. The van der Waals surface area contributed by atoms with Gasteiger partial charge < -0.3 is 15.0 Å². The maximum absolute atomic E-state index is 5.50. The van der Waals surface area contributed by atoms with E-state index in [1.54, 1.807) is 24.8 Å². The summed E-state index contributed by atoms with van der Waals surface area (Å²) >= 11 is 1.60. The third-order valence-corrected chi connectivity index (χ3v) is 3.20. The maximum atomic E-state index is 5.50. The Morgan fingerprint density at radius 2 is 2.41 bits per heavy atom. The highest BCUT2D eigenvalue weighted by Gasteiger charge is 2.10. The molecule has 2 N–H and O–H groups in total. The molecule has 2 aromatic rings. The third kappa shape index (κ3) is 2.87. The van der Waals surface area contributed by atoms with Gasteiger partial charge in [0.15, 0.2) is 5.82 Å². The van der Waals surface area contributed by atoms with Gasteiger partial charge in [0.2, 0.25) is 0 Å². The first-order valence-electron chi connectivity index (χ1n) is 5.36. The number of aromatic nitrogens is 4. The van der Waals surface area contributed by atoms with Crippen molar-refractivity contribution in [2.75, 3.05) is 20.3 Å². The van der Waals surface area contributed by atoms with E-state index < -0.39 is 0 Å². The predicted octanol–water partition coefficient (Wildman–Crippen LogP) is 0.549. The summed E-state index contributed by atoms with van der Waals surface area (Å²) in [6.07, 6.45) is 2.49. The van der Waals surface area contributed by atoms with Crippen molar-refractivity contribution >= 4 is 11.3 Å². The highest BCUT2D eigenvalue weighted by atomic mass is 32.1. The Labute approximate surface area is 103 Å². The van der Waals surface area contributed by atoms with E-state index in [1.165, 1.54) is 0 Å². The van der Waals surface area contributed by atoms with E-state index in [0.29, 0.717) is 13.2 Å². The second kappa shape index (κ2) is 5.85. The lowest BCUT2D eigenvalue weighted by atomic mass is 10.4. The lowest BCUT2D eigenvalue weighted by Crippen LogP contribution is -2.05. The maximum Gasteiger partial charge on any atom is 0.183 e. The summed E-state index contributed by atoms with van der Waals surface area (Å²) in [6, 6.07) is 0. The smallest absolute Gasteiger partial charge is 0.183 e. The van der Waals surface area contributed by atoms with E-state index in [9.17, 15) is 0 Å². The molecule has 17 heavy (non-hydrogen) atoms. The van der Waals surface area contributed by atoms with Gasteiger partial charge in [-0.3, -0.25) is 0 Å². The predicted molar refractivity (Wildman–Crippen MR) is 65.8 cm³/mol. The molecule has 0 saturated heterocycles. The van der Waals surface area contributed by atoms with E-state index in [4.69, 9.17) is 10.5 Å². The van der Waals surface area contributed by atoms with Gasteiger partial charge in [-0.15, -0.1) is 21.5 Å². The van der Waals surface area contributed by atoms with Gasteiger partial charge in [-0.05, 0) is 6.54 Å². The van der Waals surface area contributed by atoms with Gasteiger partial charge in [0, 0.05) is 25.5 Å². The molecule has 0 aliphatic heterocycles. The van der Waals surface area contributed by atoms with Crippen LogP contribution in [0.1, 0.15) is 5.01 Å². The van der Waals surface area contributed by atoms with Crippen LogP contribution in [0.4, 0.5) is 0 Å². The molecule has 0 aliphatic rings. The Balaban J connectivity index is 2.17. The fourth-order valence-electron chi connectivity index (χ4n) is 1.46. The molecule has 2 heterocycles. The fourth-order valence-corrected chi connectivity index (χ4v) is 2.25. The van der Waals surface area contributed by atoms with Crippen LogP contribution in [-0.2, 0) is 17.7 Å². The molecule has 7 heteroatoms. The van der Waals surface area contributed by atoms with Gasteiger partial charge in [-0.1, -0.05) is 0 Å². The number of ether oxygens (including phenoxy) is 1. The first-order chi connectivity index (χ1) is 8.35. The Bertz CT molecular complexity index is 467. The van der Waals surface area contributed by atoms with Gasteiger partial charge in [-0.25, -0.2) is 4.98 Å². The van der Waals surface area contributed by atoms with Crippen LogP contribution in [0.2, 0.25) is 0 Å². The molecular weight excluding hydrogens is 238 g/mol. The van der Waals surface area contributed by atoms with Crippen molar-refractivity contribution < 1.29 is 4.74 Å². The number of nitrogens with two attached hydrogens (primary N) is 1. The number of hydrogen-bond acceptors (Lipinski definition) is 6. The normalized spacial score (nSPS) is 10.9. The Morgan fingerprint density at radius 3 is 3.18 bits per heavy atom. The van der Waals surface area contributed by atoms with Crippen LogP contribution in [0.5, 0.6) is 0 Å². The minimum Gasteiger partial charge on any atom is -0.383 e. The molecule has 2 rings (SSSR count). The Kier molecular flexibility index (Phi) is 4.18. The lowest BCUT2D eigenvalue weighted by Gasteiger charge is -2.03. The van der Waals surface area contributed by atoms with E-state index >= 15 is 0 Å². The fraction of sp³-hybridized carbons (Fsp3) is 0.500. The molecule has 0 radical (unpaired) electrons. The van der Waals surface area contributed by atoms with Gasteiger partial charge in [0.25, 0.3) is 0 Å². The third-order valence-electron chi connectivity index (χ3n) is 2.29. The van der Waals surface area contributed by atoms with Crippen LogP contribution in [-0.4, -0.2) is 40.0 Å². The average molecular weight is 253 g/mol. The minimum atomic E-state index is 0.614. The second-order valence-electron chi connectivity index (χ2n) is 3.51. The zero-order valence-electron chi connectivity index (χ0n) is 9.67. The van der Waals surface area contributed by atoms with Crippen molar-refractivity contribution in [1.29, 1.82) is 0 Å². The van der Waals surface area contributed by atoms with Crippen LogP contribution in [0.15, 0.2) is 11.7 Å². The van der Waals surface area contributed by atoms with Crippen molar-refractivity contribution in [3.05, 3.63) is 16.7 Å². The Morgan fingerprint density at radius 1 is 1.53 bits per heavy atom. The van der Waals surface area contributed by atoms with Gasteiger partial charge in [0.05, 0.1) is 11.6 Å². The summed E-state index contributed by atoms with van der Waals surface area (Å²) in [5.74, 6) is 0.779. The summed E-state index contributed by atoms with van der Waals surface area (Å²) in [5, 5.41) is 11.0. The SMILES string of the molecule is COCCn1cnnc1-c1csc(CCN)n1. The first kappa shape index (κ1) is 12.2. The number of nitrogens with zero attached hydrogens (tertiary/aromatic N) is 4. The highest BCUT2D eigenvalue weighted by molar-refractivity contribution is 7.09. The van der Waals surface area contributed by atoms with Gasteiger partial charge in [-0.2, -0.15) is 0 Å². The van der Waals surface area contributed by atoms with E-state index in [2.05, 4.69) is 15.2 Å². The topological polar surface area (TPSA) is 78.8 Å². The molecule has 0 amide bonds.